The minimum absolute atomic E-state index is 0.515. The second-order valence-electron chi connectivity index (χ2n) is 3.48. The standard InChI is InChI=1S/C9H21N4O3P/c1-7-16-17(12(2)3,13(4)5)11-10-8-9(14)15-6/h8H,7H2,1-6H3/b10-8+. The highest BCUT2D eigenvalue weighted by Gasteiger charge is 2.26. The molecule has 8 heteroatoms. The monoisotopic (exact) mass is 264 g/mol. The van der Waals surface area contributed by atoms with E-state index in [9.17, 15) is 4.79 Å². The Morgan fingerprint density at radius 3 is 2.18 bits per heavy atom. The van der Waals surface area contributed by atoms with Gasteiger partial charge in [0.2, 0.25) is 0 Å². The van der Waals surface area contributed by atoms with Gasteiger partial charge in [0.15, 0.2) is 0 Å². The number of nitrogens with zero attached hydrogens (tertiary/aromatic N) is 4. The first-order valence-electron chi connectivity index (χ1n) is 5.13. The molecule has 0 aliphatic rings. The lowest BCUT2D eigenvalue weighted by Gasteiger charge is -2.33. The molecule has 0 fully saturated rings. The number of ether oxygens (including phenoxy) is 1. The predicted octanol–water partition coefficient (Wildman–Crippen LogP) is 1.25. The fourth-order valence-corrected chi connectivity index (χ4v) is 3.22. The summed E-state index contributed by atoms with van der Waals surface area (Å²) < 4.78 is 13.9. The molecule has 0 amide bonds. The van der Waals surface area contributed by atoms with Crippen LogP contribution < -0.4 is 0 Å². The van der Waals surface area contributed by atoms with Gasteiger partial charge in [-0.25, -0.2) is 14.1 Å². The number of esters is 1. The summed E-state index contributed by atoms with van der Waals surface area (Å²) in [6.07, 6.45) is 1.03. The number of hydrogen-bond donors (Lipinski definition) is 0. The zero-order valence-corrected chi connectivity index (χ0v) is 12.1. The summed E-state index contributed by atoms with van der Waals surface area (Å²) in [5.74, 6) is -0.541. The van der Waals surface area contributed by atoms with Crippen LogP contribution in [0.2, 0.25) is 0 Å². The Hall–Kier alpha value is -0.750. The van der Waals surface area contributed by atoms with E-state index in [0.717, 1.165) is 6.21 Å². The highest BCUT2D eigenvalue weighted by Crippen LogP contribution is 2.54. The first-order valence-corrected chi connectivity index (χ1v) is 6.70. The Balaban J connectivity index is 5.21. The summed E-state index contributed by atoms with van der Waals surface area (Å²) in [6, 6.07) is 0. The molecule has 0 unspecified atom stereocenters. The largest absolute Gasteiger partial charge is 0.465 e. The molecule has 0 saturated carbocycles. The molecule has 7 nitrogen and oxygen atoms in total. The van der Waals surface area contributed by atoms with Crippen molar-refractivity contribution in [3.8, 4) is 0 Å². The van der Waals surface area contributed by atoms with E-state index >= 15 is 0 Å². The number of methoxy groups -OCH3 is 1. The van der Waals surface area contributed by atoms with Gasteiger partial charge in [-0.2, -0.15) is 0 Å². The van der Waals surface area contributed by atoms with Crippen molar-refractivity contribution in [1.82, 2.24) is 9.34 Å². The van der Waals surface area contributed by atoms with Crippen LogP contribution in [0.15, 0.2) is 9.96 Å². The fourth-order valence-electron chi connectivity index (χ4n) is 1.14. The van der Waals surface area contributed by atoms with E-state index in [4.69, 9.17) is 4.52 Å². The first kappa shape index (κ1) is 16.2. The minimum atomic E-state index is -2.32. The molecule has 0 aliphatic carbocycles. The van der Waals surface area contributed by atoms with Gasteiger partial charge in [-0.3, -0.25) is 0 Å². The molecule has 0 heterocycles. The smallest absolute Gasteiger partial charge is 0.351 e. The maximum absolute atomic E-state index is 10.9. The van der Waals surface area contributed by atoms with Gasteiger partial charge < -0.3 is 9.26 Å². The van der Waals surface area contributed by atoms with Gasteiger partial charge in [-0.1, -0.05) is 0 Å². The van der Waals surface area contributed by atoms with E-state index in [1.807, 2.05) is 44.5 Å². The number of rotatable bonds is 6. The van der Waals surface area contributed by atoms with E-state index in [0.29, 0.717) is 6.61 Å². The lowest BCUT2D eigenvalue weighted by molar-refractivity contribution is -0.132. The van der Waals surface area contributed by atoms with Crippen LogP contribution in [0.1, 0.15) is 6.92 Å². The highest BCUT2D eigenvalue weighted by molar-refractivity contribution is 7.56. The quantitative estimate of drug-likeness (QED) is 0.312. The summed E-state index contributed by atoms with van der Waals surface area (Å²) in [5.41, 5.74) is 0. The van der Waals surface area contributed by atoms with Crippen LogP contribution in [0.4, 0.5) is 0 Å². The van der Waals surface area contributed by atoms with Gasteiger partial charge in [-0.05, 0) is 35.1 Å². The third-order valence-electron chi connectivity index (χ3n) is 1.88. The fraction of sp³-hybridized carbons (Fsp3) is 0.778. The van der Waals surface area contributed by atoms with Crippen molar-refractivity contribution in [3.05, 3.63) is 0 Å². The van der Waals surface area contributed by atoms with E-state index in [-0.39, 0.29) is 0 Å². The Morgan fingerprint density at radius 2 is 1.82 bits per heavy atom. The maximum Gasteiger partial charge on any atom is 0.351 e. The second-order valence-corrected chi connectivity index (χ2v) is 6.55. The average Bonchev–Trinajstić information content (AvgIpc) is 2.26. The molecule has 0 bridgehead atoms. The molecule has 0 N–H and O–H groups in total. The summed E-state index contributed by atoms with van der Waals surface area (Å²) in [5, 5.41) is 3.74. The first-order chi connectivity index (χ1) is 7.90. The van der Waals surface area contributed by atoms with Crippen LogP contribution in [0.5, 0.6) is 0 Å². The normalized spacial score (nSPS) is 12.5. The molecule has 0 aromatic carbocycles. The summed E-state index contributed by atoms with van der Waals surface area (Å²) in [7, 11) is 6.41. The molecular weight excluding hydrogens is 243 g/mol. The molecule has 100 valence electrons. The predicted molar refractivity (Wildman–Crippen MR) is 68.9 cm³/mol. The van der Waals surface area contributed by atoms with Crippen LogP contribution in [-0.4, -0.2) is 63.4 Å². The van der Waals surface area contributed by atoms with Gasteiger partial charge in [0.25, 0.3) is 7.58 Å². The number of hydrogen-bond acceptors (Lipinski definition) is 4. The SMILES string of the molecule is CCOP(=N/N=C/C(=O)OC)(N(C)C)N(C)C. The Morgan fingerprint density at radius 1 is 1.29 bits per heavy atom. The Kier molecular flexibility index (Phi) is 7.22. The van der Waals surface area contributed by atoms with Crippen LogP contribution in [-0.2, 0) is 14.1 Å². The molecule has 0 atom stereocenters. The zero-order chi connectivity index (χ0) is 13.5. The van der Waals surface area contributed by atoms with Gasteiger partial charge >= 0.3 is 5.97 Å². The summed E-state index contributed by atoms with van der Waals surface area (Å²) >= 11 is 0. The van der Waals surface area contributed by atoms with Crippen LogP contribution in [0.3, 0.4) is 0 Å². The zero-order valence-electron chi connectivity index (χ0n) is 11.2. The lowest BCUT2D eigenvalue weighted by Crippen LogP contribution is -2.23. The molecular formula is C9H21N4O3P. The van der Waals surface area contributed by atoms with Gasteiger partial charge in [0.05, 0.1) is 13.7 Å². The third kappa shape index (κ3) is 4.55. The average molecular weight is 264 g/mol. The van der Waals surface area contributed by atoms with Crippen molar-refractivity contribution in [1.29, 1.82) is 0 Å². The van der Waals surface area contributed by atoms with E-state index in [1.54, 1.807) is 0 Å². The molecule has 0 radical (unpaired) electrons. The van der Waals surface area contributed by atoms with E-state index in [1.165, 1.54) is 7.11 Å². The molecule has 0 rings (SSSR count). The maximum atomic E-state index is 10.9. The van der Waals surface area contributed by atoms with Gasteiger partial charge in [-0.15, -0.1) is 9.96 Å². The van der Waals surface area contributed by atoms with Crippen LogP contribution >= 0.6 is 7.58 Å². The van der Waals surface area contributed by atoms with Crippen molar-refractivity contribution in [2.75, 3.05) is 41.9 Å². The minimum Gasteiger partial charge on any atom is -0.465 e. The Labute approximate surface area is 103 Å². The van der Waals surface area contributed by atoms with Crippen molar-refractivity contribution in [2.24, 2.45) is 9.96 Å². The second kappa shape index (κ2) is 7.55. The van der Waals surface area contributed by atoms with E-state index < -0.39 is 13.6 Å². The topological polar surface area (TPSA) is 66.7 Å². The van der Waals surface area contributed by atoms with E-state index in [2.05, 4.69) is 14.7 Å². The molecule has 0 saturated heterocycles. The van der Waals surface area contributed by atoms with Crippen LogP contribution in [0, 0.1) is 0 Å². The highest BCUT2D eigenvalue weighted by atomic mass is 31.2. The van der Waals surface area contributed by atoms with Crippen molar-refractivity contribution >= 4 is 19.8 Å². The molecule has 0 aliphatic heterocycles. The van der Waals surface area contributed by atoms with Crippen LogP contribution in [0.25, 0.3) is 0 Å². The van der Waals surface area contributed by atoms with Gasteiger partial charge in [0, 0.05) is 0 Å². The molecule has 0 aromatic heterocycles. The van der Waals surface area contributed by atoms with Gasteiger partial charge in [0.1, 0.15) is 6.21 Å². The number of carbonyl (C=O) groups is 1. The van der Waals surface area contributed by atoms with Crippen molar-refractivity contribution in [2.45, 2.75) is 6.92 Å². The van der Waals surface area contributed by atoms with Crippen molar-refractivity contribution in [3.63, 3.8) is 0 Å². The number of carbonyl (C=O) groups excluding carboxylic acids is 1. The third-order valence-corrected chi connectivity index (χ3v) is 4.90. The summed E-state index contributed by atoms with van der Waals surface area (Å²) in [6.45, 7) is 2.41. The Bertz CT molecular complexity index is 316. The lowest BCUT2D eigenvalue weighted by atomic mass is 10.8. The molecule has 0 aromatic rings. The summed E-state index contributed by atoms with van der Waals surface area (Å²) in [4.78, 5) is 15.0. The molecule has 17 heavy (non-hydrogen) atoms. The molecule has 0 spiro atoms. The van der Waals surface area contributed by atoms with Crippen molar-refractivity contribution < 1.29 is 14.1 Å².